The van der Waals surface area contributed by atoms with E-state index in [4.69, 9.17) is 9.84 Å². The van der Waals surface area contributed by atoms with Gasteiger partial charge in [-0.1, -0.05) is 56.2 Å². The lowest BCUT2D eigenvalue weighted by Crippen LogP contribution is -2.36. The number of amides is 1. The fraction of sp³-hybridized carbons (Fsp3) is 0.414. The van der Waals surface area contributed by atoms with Crippen LogP contribution in [0.1, 0.15) is 55.7 Å². The van der Waals surface area contributed by atoms with Gasteiger partial charge in [-0.2, -0.15) is 0 Å². The van der Waals surface area contributed by atoms with E-state index < -0.39 is 6.09 Å². The van der Waals surface area contributed by atoms with E-state index in [0.717, 1.165) is 50.1 Å². The quantitative estimate of drug-likeness (QED) is 0.401. The van der Waals surface area contributed by atoms with Crippen molar-refractivity contribution >= 4 is 11.8 Å². The highest BCUT2D eigenvalue weighted by Crippen LogP contribution is 2.33. The Hall–Kier alpha value is -3.21. The van der Waals surface area contributed by atoms with Crippen molar-refractivity contribution in [2.45, 2.75) is 59.3 Å². The number of fused-ring (bicyclic) bond motifs is 1. The van der Waals surface area contributed by atoms with Crippen molar-refractivity contribution in [2.24, 2.45) is 5.41 Å². The summed E-state index contributed by atoms with van der Waals surface area (Å²) >= 11 is 0. The lowest BCUT2D eigenvalue weighted by atomic mass is 9.77. The average molecular weight is 463 g/mol. The van der Waals surface area contributed by atoms with Crippen LogP contribution < -0.4 is 15.4 Å². The third-order valence-electron chi connectivity index (χ3n) is 6.57. The second-order valence-corrected chi connectivity index (χ2v) is 9.31. The number of nitrogens with one attached hydrogen (secondary N) is 2. The highest BCUT2D eigenvalue weighted by Gasteiger charge is 2.26. The van der Waals surface area contributed by atoms with Gasteiger partial charge in [0.2, 0.25) is 0 Å². The largest absolute Gasteiger partial charge is 0.465 e. The topological polar surface area (TPSA) is 70.6 Å². The molecule has 0 spiro atoms. The zero-order valence-corrected chi connectivity index (χ0v) is 20.7. The van der Waals surface area contributed by atoms with Gasteiger partial charge in [0.1, 0.15) is 11.5 Å². The molecule has 1 amide bonds. The van der Waals surface area contributed by atoms with E-state index >= 15 is 0 Å². The van der Waals surface area contributed by atoms with Crippen LogP contribution in [0.15, 0.2) is 60.7 Å². The third-order valence-corrected chi connectivity index (χ3v) is 6.57. The number of rotatable bonds is 7. The molecule has 3 N–H and O–H groups in total. The van der Waals surface area contributed by atoms with Gasteiger partial charge >= 0.3 is 6.09 Å². The van der Waals surface area contributed by atoms with Gasteiger partial charge in [0.15, 0.2) is 0 Å². The van der Waals surface area contributed by atoms with Gasteiger partial charge in [-0.3, -0.25) is 0 Å². The van der Waals surface area contributed by atoms with Crippen molar-refractivity contribution in [1.29, 1.82) is 0 Å². The summed E-state index contributed by atoms with van der Waals surface area (Å²) in [6, 6.07) is 12.5. The fourth-order valence-electron chi connectivity index (χ4n) is 4.31. The third kappa shape index (κ3) is 7.41. The number of ether oxygens (including phenoxy) is 1. The van der Waals surface area contributed by atoms with E-state index in [1.807, 2.05) is 18.2 Å². The fourth-order valence-corrected chi connectivity index (χ4v) is 4.31. The molecular weight excluding hydrogens is 424 g/mol. The predicted octanol–water partition coefficient (Wildman–Crippen LogP) is 7.40. The zero-order chi connectivity index (χ0) is 24.4. The summed E-state index contributed by atoms with van der Waals surface area (Å²) in [5.74, 6) is 1.80. The van der Waals surface area contributed by atoms with Crippen LogP contribution in [0.5, 0.6) is 11.5 Å². The van der Waals surface area contributed by atoms with Gasteiger partial charge in [-0.05, 0) is 74.4 Å². The number of carbonyl (C=O) groups is 1. The monoisotopic (exact) mass is 462 g/mol. The van der Waals surface area contributed by atoms with Crippen molar-refractivity contribution in [2.75, 3.05) is 18.4 Å². The van der Waals surface area contributed by atoms with Crippen molar-refractivity contribution in [3.8, 4) is 11.5 Å². The van der Waals surface area contributed by atoms with Crippen molar-refractivity contribution in [1.82, 2.24) is 5.32 Å². The molecule has 1 aliphatic carbocycles. The Morgan fingerprint density at radius 2 is 1.91 bits per heavy atom. The highest BCUT2D eigenvalue weighted by atomic mass is 16.5. The highest BCUT2D eigenvalue weighted by molar-refractivity contribution is 5.64. The molecule has 1 unspecified atom stereocenters. The van der Waals surface area contributed by atoms with Crippen molar-refractivity contribution in [3.63, 3.8) is 0 Å². The first-order valence-electron chi connectivity index (χ1n) is 12.3. The van der Waals surface area contributed by atoms with Crippen LogP contribution in [-0.4, -0.2) is 24.3 Å². The van der Waals surface area contributed by atoms with E-state index in [-0.39, 0.29) is 5.41 Å². The van der Waals surface area contributed by atoms with Gasteiger partial charge in [-0.15, -0.1) is 0 Å². The Morgan fingerprint density at radius 3 is 2.62 bits per heavy atom. The van der Waals surface area contributed by atoms with E-state index in [1.165, 1.54) is 28.8 Å². The van der Waals surface area contributed by atoms with Gasteiger partial charge in [0.05, 0.1) is 0 Å². The molecule has 34 heavy (non-hydrogen) atoms. The summed E-state index contributed by atoms with van der Waals surface area (Å²) in [7, 11) is 0. The van der Waals surface area contributed by atoms with Crippen LogP contribution in [0.2, 0.25) is 0 Å². The molecule has 5 nitrogen and oxygen atoms in total. The van der Waals surface area contributed by atoms with Gasteiger partial charge in [-0.25, -0.2) is 4.79 Å². The molecule has 0 saturated heterocycles. The number of hydrogen-bond acceptors (Lipinski definition) is 3. The van der Waals surface area contributed by atoms with E-state index in [9.17, 15) is 4.79 Å². The van der Waals surface area contributed by atoms with Crippen molar-refractivity contribution < 1.29 is 14.6 Å². The standard InChI is InChI=1S/C17H19NO.C12H19NO2/c1-12-5-7-15(10-13(12)2)19-16-8-6-14-4-3-9-18-17(14)11-16;1-2-3-7-12(10-13-11(14)15)8-5-4-6-9-12/h5-8,10-11,18H,3-4,9H2,1-2H3;4-6,8,13H,2-3,7,9-10H2,1H3,(H,14,15). The second kappa shape index (κ2) is 12.3. The van der Waals surface area contributed by atoms with Crippen LogP contribution in [0, 0.1) is 19.3 Å². The lowest BCUT2D eigenvalue weighted by molar-refractivity contribution is 0.187. The predicted molar refractivity (Wildman–Crippen MR) is 140 cm³/mol. The lowest BCUT2D eigenvalue weighted by Gasteiger charge is -2.31. The van der Waals surface area contributed by atoms with Gasteiger partial charge in [0, 0.05) is 30.3 Å². The minimum Gasteiger partial charge on any atom is -0.465 e. The Labute approximate surface area is 203 Å². The van der Waals surface area contributed by atoms with Crippen LogP contribution in [0.4, 0.5) is 10.5 Å². The minimum absolute atomic E-state index is 0.00313. The first kappa shape index (κ1) is 25.4. The maximum absolute atomic E-state index is 10.5. The number of benzene rings is 2. The molecule has 182 valence electrons. The van der Waals surface area contributed by atoms with Crippen molar-refractivity contribution in [3.05, 3.63) is 77.4 Å². The summed E-state index contributed by atoms with van der Waals surface area (Å²) in [4.78, 5) is 10.5. The minimum atomic E-state index is -0.936. The van der Waals surface area contributed by atoms with Gasteiger partial charge < -0.3 is 20.5 Å². The molecule has 2 aliphatic rings. The zero-order valence-electron chi connectivity index (χ0n) is 20.7. The molecule has 0 fully saturated rings. The molecular formula is C29H38N2O3. The van der Waals surface area contributed by atoms with E-state index in [1.54, 1.807) is 0 Å². The number of allylic oxidation sites excluding steroid dienone is 3. The Bertz CT molecular complexity index is 1030. The second-order valence-electron chi connectivity index (χ2n) is 9.31. The smallest absolute Gasteiger partial charge is 0.404 e. The summed E-state index contributed by atoms with van der Waals surface area (Å²) < 4.78 is 5.94. The Kier molecular flexibility index (Phi) is 9.20. The maximum atomic E-state index is 10.5. The Morgan fingerprint density at radius 1 is 1.12 bits per heavy atom. The van der Waals surface area contributed by atoms with Crippen LogP contribution >= 0.6 is 0 Å². The van der Waals surface area contributed by atoms with Crippen LogP contribution in [-0.2, 0) is 6.42 Å². The number of anilines is 1. The van der Waals surface area contributed by atoms with E-state index in [0.29, 0.717) is 6.54 Å². The molecule has 2 aromatic carbocycles. The normalized spacial score (nSPS) is 18.2. The number of unbranched alkanes of at least 4 members (excludes halogenated alkanes) is 1. The molecule has 0 radical (unpaired) electrons. The van der Waals surface area contributed by atoms with Gasteiger partial charge in [0.25, 0.3) is 0 Å². The molecule has 4 rings (SSSR count). The van der Waals surface area contributed by atoms with Crippen LogP contribution in [0.25, 0.3) is 0 Å². The molecule has 1 heterocycles. The SMILES string of the molecule is CCCCC1(CNC(=O)O)C=CC=CC1.Cc1ccc(Oc2ccc3c(c2)NCCC3)cc1C. The van der Waals surface area contributed by atoms with E-state index in [2.05, 4.69) is 73.9 Å². The first-order valence-corrected chi connectivity index (χ1v) is 12.3. The molecule has 0 aromatic heterocycles. The number of hydrogen-bond donors (Lipinski definition) is 3. The van der Waals surface area contributed by atoms with Crippen LogP contribution in [0.3, 0.4) is 0 Å². The summed E-state index contributed by atoms with van der Waals surface area (Å²) in [6.45, 7) is 7.95. The number of carboxylic acid groups (broad SMARTS) is 1. The average Bonchev–Trinajstić information content (AvgIpc) is 2.85. The summed E-state index contributed by atoms with van der Waals surface area (Å²) in [5, 5.41) is 14.6. The molecule has 0 saturated carbocycles. The number of aryl methyl sites for hydroxylation is 3. The molecule has 1 aliphatic heterocycles. The Balaban J connectivity index is 0.000000197. The first-order chi connectivity index (χ1) is 16.4. The molecule has 1 atom stereocenters. The maximum Gasteiger partial charge on any atom is 0.404 e. The summed E-state index contributed by atoms with van der Waals surface area (Å²) in [5.41, 5.74) is 5.16. The molecule has 5 heteroatoms. The molecule has 0 bridgehead atoms. The summed E-state index contributed by atoms with van der Waals surface area (Å²) in [6.07, 6.45) is 14.0. The molecule has 2 aromatic rings.